The van der Waals surface area contributed by atoms with E-state index < -0.39 is 0 Å². The first kappa shape index (κ1) is 10.9. The first-order valence-electron chi connectivity index (χ1n) is 5.53. The van der Waals surface area contributed by atoms with Crippen LogP contribution < -0.4 is 5.73 Å². The van der Waals surface area contributed by atoms with Gasteiger partial charge in [-0.15, -0.1) is 0 Å². The molecular formula is C13H17N3. The molecule has 0 fully saturated rings. The summed E-state index contributed by atoms with van der Waals surface area (Å²) in [7, 11) is 0. The average Bonchev–Trinajstić information content (AvgIpc) is 2.65. The molecule has 2 aromatic rings. The molecule has 0 atom stereocenters. The maximum atomic E-state index is 5.55. The smallest absolute Gasteiger partial charge is 0.0674 e. The molecular weight excluding hydrogens is 198 g/mol. The number of rotatable bonds is 3. The summed E-state index contributed by atoms with van der Waals surface area (Å²) in [5.74, 6) is 0. The van der Waals surface area contributed by atoms with Crippen LogP contribution in [0.4, 0.5) is 0 Å². The van der Waals surface area contributed by atoms with Crippen molar-refractivity contribution in [2.45, 2.75) is 20.3 Å². The van der Waals surface area contributed by atoms with Gasteiger partial charge in [0.2, 0.25) is 0 Å². The maximum Gasteiger partial charge on any atom is 0.0674 e. The Morgan fingerprint density at radius 1 is 1.25 bits per heavy atom. The van der Waals surface area contributed by atoms with E-state index in [1.165, 1.54) is 11.1 Å². The van der Waals surface area contributed by atoms with Crippen LogP contribution in [0.3, 0.4) is 0 Å². The second kappa shape index (κ2) is 4.49. The van der Waals surface area contributed by atoms with E-state index >= 15 is 0 Å². The Labute approximate surface area is 95.9 Å². The lowest BCUT2D eigenvalue weighted by molar-refractivity contribution is 0.853. The fraction of sp³-hybridized carbons (Fsp3) is 0.308. The third kappa shape index (κ3) is 2.14. The Morgan fingerprint density at radius 2 is 2.06 bits per heavy atom. The predicted molar refractivity (Wildman–Crippen MR) is 65.8 cm³/mol. The molecule has 0 bridgehead atoms. The number of aryl methyl sites for hydroxylation is 2. The van der Waals surface area contributed by atoms with Crippen molar-refractivity contribution in [2.75, 3.05) is 6.54 Å². The van der Waals surface area contributed by atoms with Gasteiger partial charge < -0.3 is 5.73 Å². The van der Waals surface area contributed by atoms with Crippen LogP contribution in [0.2, 0.25) is 0 Å². The molecule has 0 spiro atoms. The van der Waals surface area contributed by atoms with Crippen molar-refractivity contribution in [3.8, 4) is 5.69 Å². The van der Waals surface area contributed by atoms with Gasteiger partial charge in [0.05, 0.1) is 11.4 Å². The predicted octanol–water partition coefficient (Wildman–Crippen LogP) is 1.99. The van der Waals surface area contributed by atoms with Gasteiger partial charge >= 0.3 is 0 Å². The molecule has 1 aromatic heterocycles. The minimum absolute atomic E-state index is 0.694. The van der Waals surface area contributed by atoms with Crippen LogP contribution in [0.25, 0.3) is 5.69 Å². The molecule has 0 saturated carbocycles. The molecule has 0 radical (unpaired) electrons. The quantitative estimate of drug-likeness (QED) is 0.851. The van der Waals surface area contributed by atoms with E-state index in [1.807, 2.05) is 23.9 Å². The molecule has 84 valence electrons. The molecule has 16 heavy (non-hydrogen) atoms. The molecule has 0 aliphatic heterocycles. The van der Waals surface area contributed by atoms with E-state index in [-0.39, 0.29) is 0 Å². The topological polar surface area (TPSA) is 43.8 Å². The molecule has 3 heteroatoms. The highest BCUT2D eigenvalue weighted by atomic mass is 15.3. The second-order valence-corrected chi connectivity index (χ2v) is 4.06. The average molecular weight is 215 g/mol. The molecule has 3 nitrogen and oxygen atoms in total. The van der Waals surface area contributed by atoms with Gasteiger partial charge in [0.1, 0.15) is 0 Å². The van der Waals surface area contributed by atoms with Crippen LogP contribution in [0.15, 0.2) is 30.5 Å². The third-order valence-corrected chi connectivity index (χ3v) is 2.66. The van der Waals surface area contributed by atoms with E-state index in [2.05, 4.69) is 30.2 Å². The number of hydrogen-bond acceptors (Lipinski definition) is 2. The summed E-state index contributed by atoms with van der Waals surface area (Å²) in [6.45, 7) is 4.79. The highest BCUT2D eigenvalue weighted by molar-refractivity contribution is 5.42. The summed E-state index contributed by atoms with van der Waals surface area (Å²) < 4.78 is 1.91. The van der Waals surface area contributed by atoms with Crippen molar-refractivity contribution < 1.29 is 0 Å². The van der Waals surface area contributed by atoms with Crippen LogP contribution in [-0.4, -0.2) is 16.3 Å². The van der Waals surface area contributed by atoms with Crippen molar-refractivity contribution >= 4 is 0 Å². The number of benzene rings is 1. The van der Waals surface area contributed by atoms with Crippen molar-refractivity contribution in [2.24, 2.45) is 5.73 Å². The molecule has 1 heterocycles. The van der Waals surface area contributed by atoms with Gasteiger partial charge in [-0.05, 0) is 50.1 Å². The van der Waals surface area contributed by atoms with Gasteiger partial charge in [0, 0.05) is 6.20 Å². The normalized spacial score (nSPS) is 10.7. The fourth-order valence-corrected chi connectivity index (χ4v) is 1.85. The summed E-state index contributed by atoms with van der Waals surface area (Å²) >= 11 is 0. The molecule has 0 unspecified atom stereocenters. The van der Waals surface area contributed by atoms with Crippen molar-refractivity contribution in [1.29, 1.82) is 0 Å². The van der Waals surface area contributed by atoms with Crippen LogP contribution in [0.1, 0.15) is 16.8 Å². The summed E-state index contributed by atoms with van der Waals surface area (Å²) in [4.78, 5) is 0. The summed E-state index contributed by atoms with van der Waals surface area (Å²) in [5.41, 5.74) is 10.2. The molecule has 0 aliphatic carbocycles. The molecule has 0 saturated heterocycles. The lowest BCUT2D eigenvalue weighted by atomic mass is 10.1. The van der Waals surface area contributed by atoms with Crippen LogP contribution in [0.5, 0.6) is 0 Å². The van der Waals surface area contributed by atoms with Gasteiger partial charge in [-0.2, -0.15) is 5.10 Å². The highest BCUT2D eigenvalue weighted by Crippen LogP contribution is 2.15. The van der Waals surface area contributed by atoms with E-state index in [9.17, 15) is 0 Å². The maximum absolute atomic E-state index is 5.55. The molecule has 0 amide bonds. The van der Waals surface area contributed by atoms with E-state index in [1.54, 1.807) is 0 Å². The minimum Gasteiger partial charge on any atom is -0.330 e. The van der Waals surface area contributed by atoms with Gasteiger partial charge in [-0.25, -0.2) is 4.68 Å². The number of hydrogen-bond donors (Lipinski definition) is 1. The Kier molecular flexibility index (Phi) is 3.06. The number of aromatic nitrogens is 2. The monoisotopic (exact) mass is 215 g/mol. The van der Waals surface area contributed by atoms with Gasteiger partial charge in [0.25, 0.3) is 0 Å². The second-order valence-electron chi connectivity index (χ2n) is 4.06. The summed E-state index contributed by atoms with van der Waals surface area (Å²) in [6, 6.07) is 8.41. The summed E-state index contributed by atoms with van der Waals surface area (Å²) in [5, 5.41) is 4.41. The van der Waals surface area contributed by atoms with Crippen LogP contribution >= 0.6 is 0 Å². The Balaban J connectivity index is 2.36. The minimum atomic E-state index is 0.694. The molecule has 1 aromatic carbocycles. The third-order valence-electron chi connectivity index (χ3n) is 2.66. The molecule has 2 rings (SSSR count). The zero-order valence-corrected chi connectivity index (χ0v) is 9.77. The van der Waals surface area contributed by atoms with Gasteiger partial charge in [0.15, 0.2) is 0 Å². The van der Waals surface area contributed by atoms with E-state index in [0.29, 0.717) is 6.54 Å². The Hall–Kier alpha value is -1.61. The van der Waals surface area contributed by atoms with Gasteiger partial charge in [-0.1, -0.05) is 12.1 Å². The Bertz CT molecular complexity index is 486. The van der Waals surface area contributed by atoms with Gasteiger partial charge in [-0.3, -0.25) is 0 Å². The highest BCUT2D eigenvalue weighted by Gasteiger charge is 2.03. The lowest BCUT2D eigenvalue weighted by Gasteiger charge is -2.08. The number of nitrogens with zero attached hydrogens (tertiary/aromatic N) is 2. The SMILES string of the molecule is Cc1ccn(-c2ccc(CCN)cc2C)n1. The Morgan fingerprint density at radius 3 is 2.62 bits per heavy atom. The lowest BCUT2D eigenvalue weighted by Crippen LogP contribution is -2.04. The molecule has 2 N–H and O–H groups in total. The summed E-state index contributed by atoms with van der Waals surface area (Å²) in [6.07, 6.45) is 2.92. The van der Waals surface area contributed by atoms with E-state index in [4.69, 9.17) is 5.73 Å². The largest absolute Gasteiger partial charge is 0.330 e. The molecule has 0 aliphatic rings. The zero-order valence-electron chi connectivity index (χ0n) is 9.77. The van der Waals surface area contributed by atoms with E-state index in [0.717, 1.165) is 17.8 Å². The zero-order chi connectivity index (χ0) is 11.5. The van der Waals surface area contributed by atoms with Crippen molar-refractivity contribution in [1.82, 2.24) is 9.78 Å². The first-order chi connectivity index (χ1) is 7.70. The van der Waals surface area contributed by atoms with Crippen LogP contribution in [0, 0.1) is 13.8 Å². The first-order valence-corrected chi connectivity index (χ1v) is 5.53. The van der Waals surface area contributed by atoms with Crippen LogP contribution in [-0.2, 0) is 6.42 Å². The number of nitrogens with two attached hydrogens (primary N) is 1. The van der Waals surface area contributed by atoms with Crippen molar-refractivity contribution in [3.05, 3.63) is 47.3 Å². The standard InChI is InChI=1S/C13H17N3/c1-10-9-12(5-7-14)3-4-13(10)16-8-6-11(2)15-16/h3-4,6,8-9H,5,7,14H2,1-2H3. The van der Waals surface area contributed by atoms with Crippen molar-refractivity contribution in [3.63, 3.8) is 0 Å². The fourth-order valence-electron chi connectivity index (χ4n) is 1.85.